The highest BCUT2D eigenvalue weighted by molar-refractivity contribution is 5.71. The van der Waals surface area contributed by atoms with Crippen LogP contribution in [0.2, 0.25) is 0 Å². The molecule has 0 bridgehead atoms. The summed E-state index contributed by atoms with van der Waals surface area (Å²) in [6, 6.07) is 5.11. The van der Waals surface area contributed by atoms with Crippen LogP contribution in [0.5, 0.6) is 5.75 Å². The maximum atomic E-state index is 13.9. The summed E-state index contributed by atoms with van der Waals surface area (Å²) in [6.45, 7) is 7.06. The Morgan fingerprint density at radius 3 is 2.59 bits per heavy atom. The molecule has 0 aliphatic heterocycles. The molecule has 0 spiro atoms. The number of halogens is 1. The molecular weight excluding hydrogens is 371 g/mol. The van der Waals surface area contributed by atoms with Gasteiger partial charge in [0.25, 0.3) is 0 Å². The normalized spacial score (nSPS) is 14.6. The van der Waals surface area contributed by atoms with E-state index in [0.29, 0.717) is 31.4 Å². The molecule has 6 heteroatoms. The fourth-order valence-electron chi connectivity index (χ4n) is 3.16. The molecule has 5 nitrogen and oxygen atoms in total. The Bertz CT molecular complexity index is 608. The third kappa shape index (κ3) is 10.6. The highest BCUT2D eigenvalue weighted by Crippen LogP contribution is 2.30. The summed E-state index contributed by atoms with van der Waals surface area (Å²) >= 11 is 0. The van der Waals surface area contributed by atoms with Gasteiger partial charge in [0, 0.05) is 12.1 Å². The maximum Gasteiger partial charge on any atom is 0.319 e. The standard InChI is InChI=1S/C23H37FN2O3/c1-3-28-23(27)16-25-11-7-5-4-6-8-12-26-18(2)20-13-21(24)15-22(14-20)29-17-19-9-10-19/h13-15,18-19,25-26H,3-12,16-17H2,1-2H3/t18-/m0/s1. The summed E-state index contributed by atoms with van der Waals surface area (Å²) in [5.41, 5.74) is 0.934. The number of nitrogens with one attached hydrogen (secondary N) is 2. The molecule has 1 saturated carbocycles. The molecule has 1 aliphatic carbocycles. The van der Waals surface area contributed by atoms with E-state index in [2.05, 4.69) is 17.6 Å². The van der Waals surface area contributed by atoms with E-state index >= 15 is 0 Å². The van der Waals surface area contributed by atoms with Gasteiger partial charge in [-0.05, 0) is 76.2 Å². The number of carbonyl (C=O) groups excluding carboxylic acids is 1. The highest BCUT2D eigenvalue weighted by atomic mass is 19.1. The third-order valence-electron chi connectivity index (χ3n) is 5.13. The van der Waals surface area contributed by atoms with Gasteiger partial charge in [-0.2, -0.15) is 0 Å². The molecule has 1 atom stereocenters. The first-order valence-electron chi connectivity index (χ1n) is 11.1. The van der Waals surface area contributed by atoms with Crippen LogP contribution in [0.1, 0.15) is 70.4 Å². The van der Waals surface area contributed by atoms with Crippen molar-refractivity contribution in [2.24, 2.45) is 5.92 Å². The molecule has 1 aromatic rings. The molecule has 0 radical (unpaired) electrons. The molecule has 1 aromatic carbocycles. The highest BCUT2D eigenvalue weighted by Gasteiger charge is 2.22. The smallest absolute Gasteiger partial charge is 0.319 e. The molecule has 1 fully saturated rings. The molecule has 0 unspecified atom stereocenters. The van der Waals surface area contributed by atoms with Gasteiger partial charge in [-0.15, -0.1) is 0 Å². The molecule has 0 saturated heterocycles. The number of ether oxygens (including phenoxy) is 2. The average molecular weight is 409 g/mol. The van der Waals surface area contributed by atoms with E-state index < -0.39 is 0 Å². The van der Waals surface area contributed by atoms with Crippen LogP contribution in [0.25, 0.3) is 0 Å². The van der Waals surface area contributed by atoms with E-state index in [4.69, 9.17) is 9.47 Å². The van der Waals surface area contributed by atoms with Crippen molar-refractivity contribution >= 4 is 5.97 Å². The second-order valence-electron chi connectivity index (χ2n) is 7.90. The number of hydrogen-bond donors (Lipinski definition) is 2. The lowest BCUT2D eigenvalue weighted by atomic mass is 10.1. The van der Waals surface area contributed by atoms with Gasteiger partial charge in [0.2, 0.25) is 0 Å². The van der Waals surface area contributed by atoms with Gasteiger partial charge < -0.3 is 20.1 Å². The van der Waals surface area contributed by atoms with Gasteiger partial charge in [-0.1, -0.05) is 19.3 Å². The van der Waals surface area contributed by atoms with Gasteiger partial charge in [0.05, 0.1) is 19.8 Å². The predicted octanol–water partition coefficient (Wildman–Crippen LogP) is 4.37. The largest absolute Gasteiger partial charge is 0.493 e. The first-order chi connectivity index (χ1) is 14.1. The zero-order chi connectivity index (χ0) is 20.9. The number of benzene rings is 1. The lowest BCUT2D eigenvalue weighted by Gasteiger charge is -2.16. The summed E-state index contributed by atoms with van der Waals surface area (Å²) in [6.07, 6.45) is 8.11. The van der Waals surface area contributed by atoms with E-state index in [0.717, 1.165) is 44.3 Å². The number of carbonyl (C=O) groups is 1. The van der Waals surface area contributed by atoms with E-state index in [-0.39, 0.29) is 17.8 Å². The Morgan fingerprint density at radius 2 is 1.86 bits per heavy atom. The van der Waals surface area contributed by atoms with Gasteiger partial charge in [-0.25, -0.2) is 4.39 Å². The predicted molar refractivity (Wildman–Crippen MR) is 114 cm³/mol. The summed E-state index contributed by atoms with van der Waals surface area (Å²) in [4.78, 5) is 11.2. The SMILES string of the molecule is CCOC(=O)CNCCCCCCCN[C@@H](C)c1cc(F)cc(OCC2CC2)c1. The summed E-state index contributed by atoms with van der Waals surface area (Å²) in [7, 11) is 0. The number of hydrogen-bond acceptors (Lipinski definition) is 5. The van der Waals surface area contributed by atoms with Gasteiger partial charge in [0.15, 0.2) is 0 Å². The number of unbranched alkanes of at least 4 members (excludes halogenated alkanes) is 4. The number of esters is 1. The van der Waals surface area contributed by atoms with Gasteiger partial charge in [-0.3, -0.25) is 4.79 Å². The van der Waals surface area contributed by atoms with Crippen LogP contribution in [0.15, 0.2) is 18.2 Å². The van der Waals surface area contributed by atoms with Gasteiger partial charge >= 0.3 is 5.97 Å². The van der Waals surface area contributed by atoms with Crippen LogP contribution >= 0.6 is 0 Å². The van der Waals surface area contributed by atoms with Crippen LogP contribution in [-0.4, -0.2) is 38.8 Å². The molecule has 2 rings (SSSR count). The van der Waals surface area contributed by atoms with Gasteiger partial charge in [0.1, 0.15) is 11.6 Å². The Kier molecular flexibility index (Phi) is 11.0. The molecule has 1 aliphatic rings. The van der Waals surface area contributed by atoms with Crippen LogP contribution in [0.3, 0.4) is 0 Å². The van der Waals surface area contributed by atoms with Crippen molar-refractivity contribution in [1.29, 1.82) is 0 Å². The maximum absolute atomic E-state index is 13.9. The van der Waals surface area contributed by atoms with Crippen LogP contribution < -0.4 is 15.4 Å². The second-order valence-corrected chi connectivity index (χ2v) is 7.90. The Labute approximate surface area is 174 Å². The fourth-order valence-corrected chi connectivity index (χ4v) is 3.16. The van der Waals surface area contributed by atoms with Crippen LogP contribution in [0, 0.1) is 11.7 Å². The average Bonchev–Trinajstić information content (AvgIpc) is 3.52. The molecular formula is C23H37FN2O3. The second kappa shape index (κ2) is 13.5. The van der Waals surface area contributed by atoms with E-state index in [9.17, 15) is 9.18 Å². The quantitative estimate of drug-likeness (QED) is 0.314. The Hall–Kier alpha value is -1.66. The Balaban J connectivity index is 1.51. The fraction of sp³-hybridized carbons (Fsp3) is 0.696. The van der Waals surface area contributed by atoms with Crippen molar-refractivity contribution in [3.05, 3.63) is 29.6 Å². The van der Waals surface area contributed by atoms with E-state index in [1.165, 1.54) is 25.3 Å². The molecule has 29 heavy (non-hydrogen) atoms. The van der Waals surface area contributed by atoms with E-state index in [1.54, 1.807) is 6.07 Å². The van der Waals surface area contributed by atoms with Crippen LogP contribution in [0.4, 0.5) is 4.39 Å². The minimum absolute atomic E-state index is 0.0982. The van der Waals surface area contributed by atoms with Crippen molar-refractivity contribution in [1.82, 2.24) is 10.6 Å². The number of rotatable bonds is 16. The Morgan fingerprint density at radius 1 is 1.14 bits per heavy atom. The van der Waals surface area contributed by atoms with E-state index in [1.807, 2.05) is 13.0 Å². The van der Waals surface area contributed by atoms with Crippen molar-refractivity contribution in [2.75, 3.05) is 32.8 Å². The molecule has 0 aromatic heterocycles. The van der Waals surface area contributed by atoms with Crippen molar-refractivity contribution in [3.63, 3.8) is 0 Å². The summed E-state index contributed by atoms with van der Waals surface area (Å²) in [5, 5.41) is 6.59. The third-order valence-corrected chi connectivity index (χ3v) is 5.13. The first-order valence-corrected chi connectivity index (χ1v) is 11.1. The van der Waals surface area contributed by atoms with Crippen molar-refractivity contribution < 1.29 is 18.7 Å². The summed E-state index contributed by atoms with van der Waals surface area (Å²) in [5.74, 6) is 0.869. The zero-order valence-electron chi connectivity index (χ0n) is 18.0. The minimum atomic E-state index is -0.237. The molecule has 0 heterocycles. The monoisotopic (exact) mass is 408 g/mol. The zero-order valence-corrected chi connectivity index (χ0v) is 18.0. The molecule has 164 valence electrons. The molecule has 0 amide bonds. The topological polar surface area (TPSA) is 59.6 Å². The lowest BCUT2D eigenvalue weighted by molar-refractivity contribution is -0.141. The summed E-state index contributed by atoms with van der Waals surface area (Å²) < 4.78 is 24.5. The molecule has 2 N–H and O–H groups in total. The van der Waals surface area contributed by atoms with Crippen LogP contribution in [-0.2, 0) is 9.53 Å². The lowest BCUT2D eigenvalue weighted by Crippen LogP contribution is -2.25. The first kappa shape index (κ1) is 23.6. The van der Waals surface area contributed by atoms with Crippen molar-refractivity contribution in [2.45, 2.75) is 64.8 Å². The minimum Gasteiger partial charge on any atom is -0.493 e. The van der Waals surface area contributed by atoms with Crippen molar-refractivity contribution in [3.8, 4) is 5.75 Å².